The van der Waals surface area contributed by atoms with E-state index in [0.29, 0.717) is 17.8 Å². The number of rotatable bonds is 3. The van der Waals surface area contributed by atoms with E-state index in [1.165, 1.54) is 5.56 Å². The average molecular weight is 286 g/mol. The summed E-state index contributed by atoms with van der Waals surface area (Å²) < 4.78 is 0. The summed E-state index contributed by atoms with van der Waals surface area (Å²) in [5.41, 5.74) is 6.98. The summed E-state index contributed by atoms with van der Waals surface area (Å²) in [7, 11) is 0. The number of aromatic nitrogens is 3. The van der Waals surface area contributed by atoms with Gasteiger partial charge in [0.2, 0.25) is 11.9 Å². The summed E-state index contributed by atoms with van der Waals surface area (Å²) in [6, 6.07) is 10.6. The smallest absolute Gasteiger partial charge is 0.246 e. The maximum Gasteiger partial charge on any atom is 0.246 e. The number of H-pyrrole nitrogens is 1. The number of benzene rings is 1. The molecule has 0 radical (unpaired) electrons. The van der Waals surface area contributed by atoms with E-state index in [1.54, 1.807) is 0 Å². The highest BCUT2D eigenvalue weighted by molar-refractivity contribution is 5.34. The SMILES string of the molecule is CC1CN(Cc2ccccc2)CCN(c2n[nH]c(N)n2)C1. The number of nitrogens with one attached hydrogen (secondary N) is 1. The fourth-order valence-corrected chi connectivity index (χ4v) is 2.89. The van der Waals surface area contributed by atoms with Gasteiger partial charge in [0.1, 0.15) is 0 Å². The molecule has 0 aliphatic carbocycles. The normalized spacial score (nSPS) is 20.4. The summed E-state index contributed by atoms with van der Waals surface area (Å²) in [4.78, 5) is 8.94. The molecule has 0 saturated carbocycles. The molecule has 1 aromatic heterocycles. The van der Waals surface area contributed by atoms with E-state index in [-0.39, 0.29) is 0 Å². The Morgan fingerprint density at radius 1 is 1.24 bits per heavy atom. The van der Waals surface area contributed by atoms with Gasteiger partial charge in [-0.1, -0.05) is 37.3 Å². The fourth-order valence-electron chi connectivity index (χ4n) is 2.89. The van der Waals surface area contributed by atoms with Crippen LogP contribution in [0.5, 0.6) is 0 Å². The highest BCUT2D eigenvalue weighted by Crippen LogP contribution is 2.16. The van der Waals surface area contributed by atoms with Gasteiger partial charge in [-0.05, 0) is 11.5 Å². The molecule has 0 amide bonds. The van der Waals surface area contributed by atoms with Crippen LogP contribution >= 0.6 is 0 Å². The summed E-state index contributed by atoms with van der Waals surface area (Å²) in [5, 5.41) is 6.88. The number of anilines is 2. The lowest BCUT2D eigenvalue weighted by Gasteiger charge is -2.21. The number of nitrogens with zero attached hydrogens (tertiary/aromatic N) is 4. The highest BCUT2D eigenvalue weighted by atomic mass is 15.4. The molecule has 1 aromatic carbocycles. The van der Waals surface area contributed by atoms with Crippen LogP contribution in [0.3, 0.4) is 0 Å². The number of hydrogen-bond acceptors (Lipinski definition) is 5. The first-order valence-electron chi connectivity index (χ1n) is 7.40. The molecule has 2 heterocycles. The molecule has 0 bridgehead atoms. The topological polar surface area (TPSA) is 74.1 Å². The molecule has 1 fully saturated rings. The lowest BCUT2D eigenvalue weighted by Crippen LogP contribution is -2.31. The average Bonchev–Trinajstić information content (AvgIpc) is 2.82. The molecular formula is C15H22N6. The zero-order chi connectivity index (χ0) is 14.7. The zero-order valence-electron chi connectivity index (χ0n) is 12.4. The molecule has 0 spiro atoms. The Labute approximate surface area is 125 Å². The molecule has 6 heteroatoms. The van der Waals surface area contributed by atoms with Crippen LogP contribution in [0.4, 0.5) is 11.9 Å². The van der Waals surface area contributed by atoms with E-state index < -0.39 is 0 Å². The van der Waals surface area contributed by atoms with Crippen molar-refractivity contribution >= 4 is 11.9 Å². The van der Waals surface area contributed by atoms with Gasteiger partial charge in [0, 0.05) is 32.7 Å². The van der Waals surface area contributed by atoms with Gasteiger partial charge in [-0.2, -0.15) is 4.98 Å². The second-order valence-corrected chi connectivity index (χ2v) is 5.79. The summed E-state index contributed by atoms with van der Waals surface area (Å²) in [6.07, 6.45) is 0. The predicted octanol–water partition coefficient (Wildman–Crippen LogP) is 1.35. The van der Waals surface area contributed by atoms with Crippen molar-refractivity contribution in [2.45, 2.75) is 13.5 Å². The predicted molar refractivity (Wildman–Crippen MR) is 83.9 cm³/mol. The van der Waals surface area contributed by atoms with Crippen LogP contribution in [0, 0.1) is 5.92 Å². The molecule has 21 heavy (non-hydrogen) atoms. The molecular weight excluding hydrogens is 264 g/mol. The summed E-state index contributed by atoms with van der Waals surface area (Å²) in [6.45, 7) is 7.25. The molecule has 3 rings (SSSR count). The third-order valence-electron chi connectivity index (χ3n) is 3.81. The third-order valence-corrected chi connectivity index (χ3v) is 3.81. The molecule has 1 aliphatic heterocycles. The molecule has 1 saturated heterocycles. The summed E-state index contributed by atoms with van der Waals surface area (Å²) >= 11 is 0. The van der Waals surface area contributed by atoms with Gasteiger partial charge in [0.15, 0.2) is 0 Å². The molecule has 112 valence electrons. The van der Waals surface area contributed by atoms with Crippen LogP contribution in [0.2, 0.25) is 0 Å². The minimum Gasteiger partial charge on any atom is -0.368 e. The van der Waals surface area contributed by atoms with Crippen molar-refractivity contribution in [3.63, 3.8) is 0 Å². The fraction of sp³-hybridized carbons (Fsp3) is 0.467. The Hall–Kier alpha value is -2.08. The number of hydrogen-bond donors (Lipinski definition) is 2. The number of aromatic amines is 1. The van der Waals surface area contributed by atoms with E-state index >= 15 is 0 Å². The second-order valence-electron chi connectivity index (χ2n) is 5.79. The van der Waals surface area contributed by atoms with E-state index in [4.69, 9.17) is 5.73 Å². The molecule has 1 atom stereocenters. The van der Waals surface area contributed by atoms with Gasteiger partial charge < -0.3 is 10.6 Å². The Bertz CT molecular complexity index is 567. The lowest BCUT2D eigenvalue weighted by atomic mass is 10.1. The van der Waals surface area contributed by atoms with E-state index in [2.05, 4.69) is 62.2 Å². The van der Waals surface area contributed by atoms with Gasteiger partial charge in [-0.15, -0.1) is 5.10 Å². The van der Waals surface area contributed by atoms with Crippen molar-refractivity contribution < 1.29 is 0 Å². The minimum atomic E-state index is 0.378. The molecule has 1 aliphatic rings. The maximum atomic E-state index is 5.62. The quantitative estimate of drug-likeness (QED) is 0.891. The van der Waals surface area contributed by atoms with Crippen molar-refractivity contribution in [2.24, 2.45) is 5.92 Å². The van der Waals surface area contributed by atoms with E-state index in [9.17, 15) is 0 Å². The van der Waals surface area contributed by atoms with Gasteiger partial charge in [0.25, 0.3) is 0 Å². The largest absolute Gasteiger partial charge is 0.368 e. The highest BCUT2D eigenvalue weighted by Gasteiger charge is 2.22. The van der Waals surface area contributed by atoms with Gasteiger partial charge in [-0.3, -0.25) is 4.90 Å². The van der Waals surface area contributed by atoms with Crippen LogP contribution in [-0.4, -0.2) is 46.3 Å². The Morgan fingerprint density at radius 3 is 2.76 bits per heavy atom. The van der Waals surface area contributed by atoms with Crippen LogP contribution in [-0.2, 0) is 6.54 Å². The van der Waals surface area contributed by atoms with Gasteiger partial charge >= 0.3 is 0 Å². The number of nitrogen functional groups attached to an aromatic ring is 1. The summed E-state index contributed by atoms with van der Waals surface area (Å²) in [5.74, 6) is 1.65. The third kappa shape index (κ3) is 3.52. The van der Waals surface area contributed by atoms with Crippen LogP contribution in [0.1, 0.15) is 12.5 Å². The standard InChI is InChI=1S/C15H22N6/c1-12-9-20(11-13-5-3-2-4-6-13)7-8-21(10-12)15-17-14(16)18-19-15/h2-6,12H,7-11H2,1H3,(H3,16,17,18,19). The molecule has 2 aromatic rings. The Balaban J connectivity index is 1.65. The van der Waals surface area contributed by atoms with Crippen molar-refractivity contribution in [1.82, 2.24) is 20.1 Å². The molecule has 6 nitrogen and oxygen atoms in total. The van der Waals surface area contributed by atoms with Crippen molar-refractivity contribution in [1.29, 1.82) is 0 Å². The monoisotopic (exact) mass is 286 g/mol. The Morgan fingerprint density at radius 2 is 2.05 bits per heavy atom. The molecule has 1 unspecified atom stereocenters. The van der Waals surface area contributed by atoms with Crippen LogP contribution in [0.15, 0.2) is 30.3 Å². The second kappa shape index (κ2) is 6.13. The van der Waals surface area contributed by atoms with Crippen LogP contribution < -0.4 is 10.6 Å². The minimum absolute atomic E-state index is 0.378. The van der Waals surface area contributed by atoms with Crippen molar-refractivity contribution in [3.8, 4) is 0 Å². The van der Waals surface area contributed by atoms with Gasteiger partial charge in [0.05, 0.1) is 0 Å². The van der Waals surface area contributed by atoms with E-state index in [1.807, 2.05) is 0 Å². The van der Waals surface area contributed by atoms with Crippen LogP contribution in [0.25, 0.3) is 0 Å². The first-order chi connectivity index (χ1) is 10.2. The molecule has 3 N–H and O–H groups in total. The maximum absolute atomic E-state index is 5.62. The lowest BCUT2D eigenvalue weighted by molar-refractivity contribution is 0.257. The van der Waals surface area contributed by atoms with E-state index in [0.717, 1.165) is 32.7 Å². The van der Waals surface area contributed by atoms with Gasteiger partial charge in [-0.25, -0.2) is 5.10 Å². The van der Waals surface area contributed by atoms with Crippen molar-refractivity contribution in [3.05, 3.63) is 35.9 Å². The first kappa shape index (κ1) is 13.9. The first-order valence-corrected chi connectivity index (χ1v) is 7.40. The zero-order valence-corrected chi connectivity index (χ0v) is 12.4. The van der Waals surface area contributed by atoms with Crippen molar-refractivity contribution in [2.75, 3.05) is 36.8 Å². The Kier molecular flexibility index (Phi) is 4.06. The number of nitrogens with two attached hydrogens (primary N) is 1.